The summed E-state index contributed by atoms with van der Waals surface area (Å²) in [6.45, 7) is 1.47. The number of aromatic nitrogens is 2. The van der Waals surface area contributed by atoms with Gasteiger partial charge in [-0.05, 0) is 11.4 Å². The van der Waals surface area contributed by atoms with E-state index in [4.69, 9.17) is 16.3 Å². The maximum Gasteiger partial charge on any atom is 0.274 e. The molecule has 0 radical (unpaired) electrons. The van der Waals surface area contributed by atoms with E-state index in [-0.39, 0.29) is 16.8 Å². The number of nitrogens with zero attached hydrogens (tertiary/aromatic N) is 3. The van der Waals surface area contributed by atoms with E-state index in [2.05, 4.69) is 9.97 Å². The van der Waals surface area contributed by atoms with Crippen LogP contribution in [-0.4, -0.2) is 41.0 Å². The highest BCUT2D eigenvalue weighted by Crippen LogP contribution is 2.14. The minimum absolute atomic E-state index is 0.203. The molecule has 106 valence electrons. The number of halogens is 1. The molecular formula is C13H14ClN3O2S. The van der Waals surface area contributed by atoms with Crippen molar-refractivity contribution in [3.05, 3.63) is 45.6 Å². The molecule has 2 aromatic heterocycles. The zero-order valence-electron chi connectivity index (χ0n) is 11.0. The maximum atomic E-state index is 12.4. The Kier molecular flexibility index (Phi) is 5.46. The van der Waals surface area contributed by atoms with Gasteiger partial charge in [0, 0.05) is 18.5 Å². The summed E-state index contributed by atoms with van der Waals surface area (Å²) in [5, 5.41) is 2.19. The minimum Gasteiger partial charge on any atom is -0.383 e. The zero-order chi connectivity index (χ0) is 14.4. The van der Waals surface area contributed by atoms with Gasteiger partial charge in [-0.15, -0.1) is 11.3 Å². The van der Waals surface area contributed by atoms with Crippen LogP contribution in [0.4, 0.5) is 0 Å². The van der Waals surface area contributed by atoms with Crippen LogP contribution in [0.15, 0.2) is 29.9 Å². The van der Waals surface area contributed by atoms with Gasteiger partial charge < -0.3 is 9.64 Å². The molecule has 0 unspecified atom stereocenters. The van der Waals surface area contributed by atoms with Crippen molar-refractivity contribution in [1.29, 1.82) is 0 Å². The lowest BCUT2D eigenvalue weighted by atomic mass is 10.3. The summed E-state index contributed by atoms with van der Waals surface area (Å²) in [6.07, 6.45) is 2.82. The molecule has 20 heavy (non-hydrogen) atoms. The van der Waals surface area contributed by atoms with Crippen LogP contribution in [0.5, 0.6) is 0 Å². The fourth-order valence-corrected chi connectivity index (χ4v) is 2.52. The molecule has 0 atom stereocenters. The average molecular weight is 312 g/mol. The third kappa shape index (κ3) is 4.00. The topological polar surface area (TPSA) is 55.3 Å². The molecule has 0 aliphatic rings. The lowest BCUT2D eigenvalue weighted by Gasteiger charge is -2.21. The number of carbonyl (C=O) groups is 1. The number of carbonyl (C=O) groups excluding carboxylic acids is 1. The fourth-order valence-electron chi connectivity index (χ4n) is 1.65. The van der Waals surface area contributed by atoms with Gasteiger partial charge in [0.2, 0.25) is 0 Å². The molecule has 7 heteroatoms. The lowest BCUT2D eigenvalue weighted by Crippen LogP contribution is -2.33. The molecule has 0 saturated heterocycles. The second-order valence-electron chi connectivity index (χ2n) is 4.03. The van der Waals surface area contributed by atoms with Gasteiger partial charge in [0.1, 0.15) is 10.8 Å². The number of hydrogen-bond acceptors (Lipinski definition) is 5. The zero-order valence-corrected chi connectivity index (χ0v) is 12.5. The molecule has 5 nitrogen and oxygen atoms in total. The van der Waals surface area contributed by atoms with E-state index in [1.165, 1.54) is 12.4 Å². The van der Waals surface area contributed by atoms with Crippen molar-refractivity contribution in [2.24, 2.45) is 0 Å². The van der Waals surface area contributed by atoms with Crippen LogP contribution in [-0.2, 0) is 11.3 Å². The molecule has 2 aromatic rings. The summed E-state index contributed by atoms with van der Waals surface area (Å²) in [5.74, 6) is -0.203. The normalized spacial score (nSPS) is 10.5. The summed E-state index contributed by atoms with van der Waals surface area (Å²) >= 11 is 7.38. The molecule has 2 heterocycles. The van der Waals surface area contributed by atoms with Crippen LogP contribution in [0.25, 0.3) is 0 Å². The Labute approximate surface area is 126 Å². The van der Waals surface area contributed by atoms with Gasteiger partial charge in [-0.25, -0.2) is 4.98 Å². The fraction of sp³-hybridized carbons (Fsp3) is 0.308. The molecule has 2 rings (SSSR count). The molecule has 0 spiro atoms. The van der Waals surface area contributed by atoms with Crippen molar-refractivity contribution in [2.75, 3.05) is 20.3 Å². The van der Waals surface area contributed by atoms with Gasteiger partial charge in [-0.3, -0.25) is 9.78 Å². The highest BCUT2D eigenvalue weighted by molar-refractivity contribution is 7.09. The predicted octanol–water partition coefficient (Wildman–Crippen LogP) is 2.48. The Balaban J connectivity index is 2.14. The maximum absolute atomic E-state index is 12.4. The molecule has 0 aliphatic carbocycles. The lowest BCUT2D eigenvalue weighted by molar-refractivity contribution is 0.0676. The number of ether oxygens (including phenoxy) is 1. The van der Waals surface area contributed by atoms with Crippen LogP contribution in [0.2, 0.25) is 5.15 Å². The van der Waals surface area contributed by atoms with E-state index >= 15 is 0 Å². The summed E-state index contributed by atoms with van der Waals surface area (Å²) in [4.78, 5) is 23.1. The van der Waals surface area contributed by atoms with E-state index < -0.39 is 0 Å². The van der Waals surface area contributed by atoms with Crippen LogP contribution in [0, 0.1) is 0 Å². The van der Waals surface area contributed by atoms with Gasteiger partial charge in [0.25, 0.3) is 5.91 Å². The van der Waals surface area contributed by atoms with Crippen molar-refractivity contribution in [2.45, 2.75) is 6.54 Å². The Morgan fingerprint density at radius 2 is 2.35 bits per heavy atom. The Morgan fingerprint density at radius 1 is 1.50 bits per heavy atom. The number of amides is 1. The number of hydrogen-bond donors (Lipinski definition) is 0. The number of methoxy groups -OCH3 is 1. The van der Waals surface area contributed by atoms with Gasteiger partial charge in [-0.2, -0.15) is 0 Å². The Hall–Kier alpha value is -1.50. The Morgan fingerprint density at radius 3 is 3.00 bits per heavy atom. The third-order valence-corrected chi connectivity index (χ3v) is 3.65. The van der Waals surface area contributed by atoms with Gasteiger partial charge in [-0.1, -0.05) is 17.7 Å². The molecule has 0 N–H and O–H groups in total. The van der Waals surface area contributed by atoms with Crippen LogP contribution in [0.1, 0.15) is 15.4 Å². The molecular weight excluding hydrogens is 298 g/mol. The van der Waals surface area contributed by atoms with Crippen molar-refractivity contribution >= 4 is 28.8 Å². The van der Waals surface area contributed by atoms with Gasteiger partial charge >= 0.3 is 0 Å². The standard InChI is InChI=1S/C13H14ClN3O2S/c1-19-5-4-17(9-10-3-2-6-20-10)13(18)11-7-15-8-12(14)16-11/h2-3,6-8H,4-5,9H2,1H3. The first-order chi connectivity index (χ1) is 9.70. The van der Waals surface area contributed by atoms with Crippen molar-refractivity contribution in [3.63, 3.8) is 0 Å². The highest BCUT2D eigenvalue weighted by Gasteiger charge is 2.18. The first kappa shape index (κ1) is 14.9. The first-order valence-corrected chi connectivity index (χ1v) is 7.24. The molecule has 0 saturated carbocycles. The average Bonchev–Trinajstić information content (AvgIpc) is 2.95. The highest BCUT2D eigenvalue weighted by atomic mass is 35.5. The van der Waals surface area contributed by atoms with Crippen LogP contribution < -0.4 is 0 Å². The molecule has 0 aromatic carbocycles. The smallest absolute Gasteiger partial charge is 0.274 e. The van der Waals surface area contributed by atoms with Crippen molar-refractivity contribution in [3.8, 4) is 0 Å². The van der Waals surface area contributed by atoms with E-state index in [0.717, 1.165) is 4.88 Å². The van der Waals surface area contributed by atoms with E-state index in [1.807, 2.05) is 17.5 Å². The minimum atomic E-state index is -0.203. The SMILES string of the molecule is COCCN(Cc1cccs1)C(=O)c1cncc(Cl)n1. The summed E-state index contributed by atoms with van der Waals surface area (Å²) in [6, 6.07) is 3.94. The molecule has 0 aliphatic heterocycles. The number of rotatable bonds is 6. The van der Waals surface area contributed by atoms with Crippen LogP contribution in [0.3, 0.4) is 0 Å². The van der Waals surface area contributed by atoms with E-state index in [0.29, 0.717) is 19.7 Å². The molecule has 1 amide bonds. The Bertz CT molecular complexity index is 563. The monoisotopic (exact) mass is 311 g/mol. The largest absolute Gasteiger partial charge is 0.383 e. The third-order valence-electron chi connectivity index (χ3n) is 2.60. The second kappa shape index (κ2) is 7.33. The van der Waals surface area contributed by atoms with Gasteiger partial charge in [0.15, 0.2) is 0 Å². The quantitative estimate of drug-likeness (QED) is 0.822. The van der Waals surface area contributed by atoms with Gasteiger partial charge in [0.05, 0.1) is 25.5 Å². The number of thiophene rings is 1. The van der Waals surface area contributed by atoms with Crippen LogP contribution >= 0.6 is 22.9 Å². The van der Waals surface area contributed by atoms with E-state index in [1.54, 1.807) is 23.3 Å². The summed E-state index contributed by atoms with van der Waals surface area (Å²) < 4.78 is 5.05. The molecule has 0 bridgehead atoms. The summed E-state index contributed by atoms with van der Waals surface area (Å²) in [7, 11) is 1.60. The molecule has 0 fully saturated rings. The first-order valence-electron chi connectivity index (χ1n) is 5.99. The van der Waals surface area contributed by atoms with E-state index in [9.17, 15) is 4.79 Å². The predicted molar refractivity (Wildman–Crippen MR) is 78.0 cm³/mol. The van der Waals surface area contributed by atoms with Crippen molar-refractivity contribution in [1.82, 2.24) is 14.9 Å². The summed E-state index contributed by atoms with van der Waals surface area (Å²) in [5.41, 5.74) is 0.241. The second-order valence-corrected chi connectivity index (χ2v) is 5.45. The van der Waals surface area contributed by atoms with Crippen molar-refractivity contribution < 1.29 is 9.53 Å².